The van der Waals surface area contributed by atoms with E-state index >= 15 is 0 Å². The molecule has 0 radical (unpaired) electrons. The average molecular weight is 259 g/mol. The smallest absolute Gasteiger partial charge is 0.128 e. The molecule has 1 aromatic carbocycles. The summed E-state index contributed by atoms with van der Waals surface area (Å²) in [6.45, 7) is 2.57. The Labute approximate surface area is 113 Å². The fourth-order valence-corrected chi connectivity index (χ4v) is 1.78. The standard InChI is InChI=1S/C15H18FN3/c1-11-4-5-13(16)8-12(11)9-17-14-6-7-15(18-10-14)19(2)3/h4-8,10,17H,9H2,1-3H3. The molecule has 2 rings (SSSR count). The van der Waals surface area contributed by atoms with Gasteiger partial charge in [-0.15, -0.1) is 0 Å². The number of aromatic nitrogens is 1. The van der Waals surface area contributed by atoms with Gasteiger partial charge in [-0.1, -0.05) is 6.07 Å². The summed E-state index contributed by atoms with van der Waals surface area (Å²) in [5.74, 6) is 0.705. The Morgan fingerprint density at radius 1 is 1.21 bits per heavy atom. The average Bonchev–Trinajstić information content (AvgIpc) is 2.40. The van der Waals surface area contributed by atoms with Crippen LogP contribution >= 0.6 is 0 Å². The van der Waals surface area contributed by atoms with Crippen LogP contribution in [0.15, 0.2) is 36.5 Å². The predicted molar refractivity (Wildman–Crippen MR) is 77.0 cm³/mol. The van der Waals surface area contributed by atoms with E-state index in [0.29, 0.717) is 6.54 Å². The molecular formula is C15H18FN3. The molecule has 0 aliphatic carbocycles. The zero-order valence-electron chi connectivity index (χ0n) is 11.4. The largest absolute Gasteiger partial charge is 0.380 e. The molecule has 0 fully saturated rings. The van der Waals surface area contributed by atoms with Gasteiger partial charge in [0.2, 0.25) is 0 Å². The first-order chi connectivity index (χ1) is 9.06. The fourth-order valence-electron chi connectivity index (χ4n) is 1.78. The Kier molecular flexibility index (Phi) is 4.00. The maximum Gasteiger partial charge on any atom is 0.128 e. The van der Waals surface area contributed by atoms with Gasteiger partial charge in [-0.25, -0.2) is 9.37 Å². The fraction of sp³-hybridized carbons (Fsp3) is 0.267. The Morgan fingerprint density at radius 3 is 2.63 bits per heavy atom. The summed E-state index contributed by atoms with van der Waals surface area (Å²) >= 11 is 0. The van der Waals surface area contributed by atoms with Gasteiger partial charge < -0.3 is 10.2 Å². The maximum atomic E-state index is 13.2. The van der Waals surface area contributed by atoms with Crippen molar-refractivity contribution < 1.29 is 4.39 Å². The molecule has 100 valence electrons. The van der Waals surface area contributed by atoms with Crippen molar-refractivity contribution in [2.75, 3.05) is 24.3 Å². The molecule has 0 spiro atoms. The molecule has 0 aliphatic heterocycles. The van der Waals surface area contributed by atoms with Crippen molar-refractivity contribution in [3.05, 3.63) is 53.5 Å². The lowest BCUT2D eigenvalue weighted by molar-refractivity contribution is 0.625. The molecule has 1 heterocycles. The molecule has 0 aliphatic rings. The lowest BCUT2D eigenvalue weighted by atomic mass is 10.1. The van der Waals surface area contributed by atoms with Crippen LogP contribution in [0.3, 0.4) is 0 Å². The zero-order valence-corrected chi connectivity index (χ0v) is 11.4. The Morgan fingerprint density at radius 2 is 2.00 bits per heavy atom. The predicted octanol–water partition coefficient (Wildman–Crippen LogP) is 3.21. The van der Waals surface area contributed by atoms with Crippen molar-refractivity contribution in [1.82, 2.24) is 4.98 Å². The minimum absolute atomic E-state index is 0.205. The number of nitrogens with one attached hydrogen (secondary N) is 1. The lowest BCUT2D eigenvalue weighted by Crippen LogP contribution is -2.10. The normalized spacial score (nSPS) is 10.3. The van der Waals surface area contributed by atoms with Gasteiger partial charge >= 0.3 is 0 Å². The molecule has 2 aromatic rings. The molecule has 1 aromatic heterocycles. The van der Waals surface area contributed by atoms with E-state index in [0.717, 1.165) is 22.6 Å². The Balaban J connectivity index is 2.04. The molecule has 0 amide bonds. The summed E-state index contributed by atoms with van der Waals surface area (Å²) in [6.07, 6.45) is 1.78. The van der Waals surface area contributed by atoms with Gasteiger partial charge in [0, 0.05) is 20.6 Å². The van der Waals surface area contributed by atoms with Crippen molar-refractivity contribution in [2.45, 2.75) is 13.5 Å². The third-order valence-corrected chi connectivity index (χ3v) is 3.00. The third-order valence-electron chi connectivity index (χ3n) is 3.00. The van der Waals surface area contributed by atoms with Gasteiger partial charge in [0.05, 0.1) is 11.9 Å². The first-order valence-electron chi connectivity index (χ1n) is 6.18. The van der Waals surface area contributed by atoms with Crippen molar-refractivity contribution in [3.63, 3.8) is 0 Å². The minimum atomic E-state index is -0.205. The second kappa shape index (κ2) is 5.69. The number of nitrogens with zero attached hydrogens (tertiary/aromatic N) is 2. The topological polar surface area (TPSA) is 28.2 Å². The summed E-state index contributed by atoms with van der Waals surface area (Å²) in [7, 11) is 3.90. The monoisotopic (exact) mass is 259 g/mol. The van der Waals surface area contributed by atoms with E-state index < -0.39 is 0 Å². The number of benzene rings is 1. The third kappa shape index (κ3) is 3.44. The summed E-state index contributed by atoms with van der Waals surface area (Å²) in [5.41, 5.74) is 2.96. The van der Waals surface area contributed by atoms with Gasteiger partial charge in [0.15, 0.2) is 0 Å². The van der Waals surface area contributed by atoms with E-state index in [4.69, 9.17) is 0 Å². The Bertz CT molecular complexity index is 550. The number of rotatable bonds is 4. The molecule has 4 heteroatoms. The highest BCUT2D eigenvalue weighted by atomic mass is 19.1. The second-order valence-electron chi connectivity index (χ2n) is 4.72. The van der Waals surface area contributed by atoms with Crippen LogP contribution < -0.4 is 10.2 Å². The molecule has 1 N–H and O–H groups in total. The number of hydrogen-bond donors (Lipinski definition) is 1. The first kappa shape index (κ1) is 13.3. The van der Waals surface area contributed by atoms with E-state index in [9.17, 15) is 4.39 Å². The van der Waals surface area contributed by atoms with Crippen molar-refractivity contribution in [3.8, 4) is 0 Å². The minimum Gasteiger partial charge on any atom is -0.380 e. The SMILES string of the molecule is Cc1ccc(F)cc1CNc1ccc(N(C)C)nc1. The highest BCUT2D eigenvalue weighted by Gasteiger charge is 2.01. The summed E-state index contributed by atoms with van der Waals surface area (Å²) in [4.78, 5) is 6.26. The van der Waals surface area contributed by atoms with Gasteiger partial charge in [-0.05, 0) is 42.3 Å². The molecule has 0 unspecified atom stereocenters. The van der Waals surface area contributed by atoms with Crippen LogP contribution in [0.5, 0.6) is 0 Å². The number of pyridine rings is 1. The van der Waals surface area contributed by atoms with E-state index in [1.54, 1.807) is 18.3 Å². The summed E-state index contributed by atoms with van der Waals surface area (Å²) < 4.78 is 13.2. The van der Waals surface area contributed by atoms with Crippen molar-refractivity contribution in [1.29, 1.82) is 0 Å². The van der Waals surface area contributed by atoms with E-state index in [2.05, 4.69) is 10.3 Å². The molecule has 19 heavy (non-hydrogen) atoms. The molecule has 0 atom stereocenters. The molecule has 0 bridgehead atoms. The quantitative estimate of drug-likeness (QED) is 0.914. The maximum absolute atomic E-state index is 13.2. The van der Waals surface area contributed by atoms with Crippen LogP contribution in [0, 0.1) is 12.7 Å². The van der Waals surface area contributed by atoms with Crippen LogP contribution in [0.2, 0.25) is 0 Å². The number of aryl methyl sites for hydroxylation is 1. The van der Waals surface area contributed by atoms with Crippen molar-refractivity contribution >= 4 is 11.5 Å². The summed E-state index contributed by atoms with van der Waals surface area (Å²) in [6, 6.07) is 8.74. The van der Waals surface area contributed by atoms with Crippen molar-refractivity contribution in [2.24, 2.45) is 0 Å². The van der Waals surface area contributed by atoms with Gasteiger partial charge in [0.1, 0.15) is 11.6 Å². The second-order valence-corrected chi connectivity index (χ2v) is 4.72. The van der Waals surface area contributed by atoms with Crippen LogP contribution in [0.25, 0.3) is 0 Å². The zero-order chi connectivity index (χ0) is 13.8. The highest BCUT2D eigenvalue weighted by Crippen LogP contribution is 2.15. The van der Waals surface area contributed by atoms with Gasteiger partial charge in [-0.2, -0.15) is 0 Å². The molecule has 3 nitrogen and oxygen atoms in total. The molecule has 0 saturated heterocycles. The number of anilines is 2. The Hall–Kier alpha value is -2.10. The van der Waals surface area contributed by atoms with E-state index in [1.165, 1.54) is 6.07 Å². The first-order valence-corrected chi connectivity index (χ1v) is 6.18. The highest BCUT2D eigenvalue weighted by molar-refractivity contribution is 5.48. The van der Waals surface area contributed by atoms with Crippen LogP contribution in [0.4, 0.5) is 15.9 Å². The number of hydrogen-bond acceptors (Lipinski definition) is 3. The summed E-state index contributed by atoms with van der Waals surface area (Å²) in [5, 5.41) is 3.25. The van der Waals surface area contributed by atoms with Gasteiger partial charge in [-0.3, -0.25) is 0 Å². The van der Waals surface area contributed by atoms with Gasteiger partial charge in [0.25, 0.3) is 0 Å². The molecule has 0 saturated carbocycles. The van der Waals surface area contributed by atoms with E-state index in [-0.39, 0.29) is 5.82 Å². The van der Waals surface area contributed by atoms with Crippen LogP contribution in [0.1, 0.15) is 11.1 Å². The molecular weight excluding hydrogens is 241 g/mol. The lowest BCUT2D eigenvalue weighted by Gasteiger charge is -2.12. The van der Waals surface area contributed by atoms with E-state index in [1.807, 2.05) is 38.1 Å². The van der Waals surface area contributed by atoms with Crippen LogP contribution in [-0.2, 0) is 6.54 Å². The number of halogens is 1. The van der Waals surface area contributed by atoms with Crippen LogP contribution in [-0.4, -0.2) is 19.1 Å².